The zero-order valence-electron chi connectivity index (χ0n) is 12.1. The van der Waals surface area contributed by atoms with Crippen molar-refractivity contribution in [3.8, 4) is 11.3 Å². The van der Waals surface area contributed by atoms with Gasteiger partial charge in [0.1, 0.15) is 11.5 Å². The summed E-state index contributed by atoms with van der Waals surface area (Å²) in [6, 6.07) is 9.99. The Morgan fingerprint density at radius 3 is 2.91 bits per heavy atom. The molecule has 3 rings (SSSR count). The number of aromatic amines is 1. The van der Waals surface area contributed by atoms with E-state index in [1.165, 1.54) is 6.07 Å². The summed E-state index contributed by atoms with van der Waals surface area (Å²) in [6.45, 7) is 0.171. The first-order valence-electron chi connectivity index (χ1n) is 7.06. The second-order valence-corrected chi connectivity index (χ2v) is 4.94. The number of hydrogen-bond acceptors (Lipinski definition) is 4. The summed E-state index contributed by atoms with van der Waals surface area (Å²) in [5.74, 6) is -0.398. The van der Waals surface area contributed by atoms with E-state index in [9.17, 15) is 9.18 Å². The molecule has 0 spiro atoms. The lowest BCUT2D eigenvalue weighted by atomic mass is 10.1. The summed E-state index contributed by atoms with van der Waals surface area (Å²) in [5, 5.41) is 22.3. The van der Waals surface area contributed by atoms with E-state index in [-0.39, 0.29) is 13.2 Å². The predicted octanol–water partition coefficient (Wildman–Crippen LogP) is 2.34. The van der Waals surface area contributed by atoms with Gasteiger partial charge in [0, 0.05) is 23.2 Å². The normalized spacial score (nSPS) is 10.7. The molecule has 0 saturated heterocycles. The molecule has 7 heteroatoms. The number of carbonyl (C=O) groups is 1. The second kappa shape index (κ2) is 6.45. The number of aliphatic hydroxyl groups is 1. The quantitative estimate of drug-likeness (QED) is 0.526. The fraction of sp³-hybridized carbons (Fsp3) is 0.125. The van der Waals surface area contributed by atoms with E-state index >= 15 is 0 Å². The summed E-state index contributed by atoms with van der Waals surface area (Å²) in [5.41, 5.74) is 3.14. The molecule has 3 aromatic rings. The van der Waals surface area contributed by atoms with Gasteiger partial charge in [0.25, 0.3) is 0 Å². The fourth-order valence-corrected chi connectivity index (χ4v) is 2.39. The molecule has 1 heterocycles. The number of rotatable bonds is 6. The van der Waals surface area contributed by atoms with Crippen LogP contribution in [-0.2, 0) is 4.79 Å². The van der Waals surface area contributed by atoms with Gasteiger partial charge >= 0.3 is 0 Å². The van der Waals surface area contributed by atoms with E-state index in [1.54, 1.807) is 24.3 Å². The summed E-state index contributed by atoms with van der Waals surface area (Å²) < 4.78 is 13.8. The number of anilines is 2. The number of amides is 1. The molecule has 4 N–H and O–H groups in total. The minimum absolute atomic E-state index is 0.0876. The largest absolute Gasteiger partial charge is 0.395 e. The van der Waals surface area contributed by atoms with Crippen LogP contribution in [-0.4, -0.2) is 34.9 Å². The Bertz CT molecular complexity index is 847. The minimum atomic E-state index is -0.398. The van der Waals surface area contributed by atoms with Gasteiger partial charge in [-0.15, -0.1) is 0 Å². The number of nitrogens with one attached hydrogen (secondary N) is 3. The molecule has 0 bridgehead atoms. The van der Waals surface area contributed by atoms with Crippen molar-refractivity contribution in [2.45, 2.75) is 0 Å². The Kier molecular flexibility index (Phi) is 4.20. The number of carbonyl (C=O) groups excluding carboxylic acids is 1. The Balaban J connectivity index is 2.05. The lowest BCUT2D eigenvalue weighted by Gasteiger charge is -2.08. The molecule has 6 nitrogen and oxygen atoms in total. The third kappa shape index (κ3) is 3.00. The van der Waals surface area contributed by atoms with Crippen molar-refractivity contribution in [2.75, 3.05) is 23.8 Å². The highest BCUT2D eigenvalue weighted by Gasteiger charge is 2.11. The van der Waals surface area contributed by atoms with E-state index < -0.39 is 5.82 Å². The van der Waals surface area contributed by atoms with Crippen LogP contribution in [0.5, 0.6) is 0 Å². The van der Waals surface area contributed by atoms with Crippen LogP contribution in [0.2, 0.25) is 0 Å². The molecule has 0 aliphatic rings. The van der Waals surface area contributed by atoms with Crippen LogP contribution in [0.15, 0.2) is 36.4 Å². The summed E-state index contributed by atoms with van der Waals surface area (Å²) in [4.78, 5) is 10.6. The molecule has 2 aromatic carbocycles. The van der Waals surface area contributed by atoms with Gasteiger partial charge in [-0.05, 0) is 36.4 Å². The van der Waals surface area contributed by atoms with E-state index in [4.69, 9.17) is 5.11 Å². The topological polar surface area (TPSA) is 90.0 Å². The molecule has 0 fully saturated rings. The van der Waals surface area contributed by atoms with Gasteiger partial charge in [0.2, 0.25) is 6.41 Å². The maximum absolute atomic E-state index is 13.8. The van der Waals surface area contributed by atoms with E-state index in [0.717, 1.165) is 16.5 Å². The molecule has 0 aliphatic heterocycles. The highest BCUT2D eigenvalue weighted by molar-refractivity contribution is 5.96. The lowest BCUT2D eigenvalue weighted by molar-refractivity contribution is -0.105. The molecule has 0 atom stereocenters. The monoisotopic (exact) mass is 314 g/mol. The highest BCUT2D eigenvalue weighted by atomic mass is 19.1. The zero-order valence-corrected chi connectivity index (χ0v) is 12.1. The number of aliphatic hydroxyl groups excluding tert-OH is 1. The Hall–Kier alpha value is -2.93. The molecular weight excluding hydrogens is 299 g/mol. The van der Waals surface area contributed by atoms with Crippen molar-refractivity contribution < 1.29 is 14.3 Å². The van der Waals surface area contributed by atoms with Gasteiger partial charge in [-0.2, -0.15) is 5.10 Å². The average Bonchev–Trinajstić information content (AvgIpc) is 2.98. The van der Waals surface area contributed by atoms with E-state index in [1.807, 2.05) is 6.07 Å². The maximum Gasteiger partial charge on any atom is 0.211 e. The number of nitrogens with zero attached hydrogens (tertiary/aromatic N) is 1. The first kappa shape index (κ1) is 15.0. The molecule has 1 amide bonds. The molecule has 0 aliphatic carbocycles. The summed E-state index contributed by atoms with van der Waals surface area (Å²) in [7, 11) is 0. The molecule has 0 radical (unpaired) electrons. The van der Waals surface area contributed by atoms with Crippen LogP contribution in [0, 0.1) is 5.82 Å². The van der Waals surface area contributed by atoms with Gasteiger partial charge in [0.05, 0.1) is 17.8 Å². The molecule has 1 aromatic heterocycles. The summed E-state index contributed by atoms with van der Waals surface area (Å²) in [6.07, 6.45) is 0.607. The van der Waals surface area contributed by atoms with Gasteiger partial charge < -0.3 is 15.7 Å². The molecule has 23 heavy (non-hydrogen) atoms. The zero-order chi connectivity index (χ0) is 16.2. The number of H-pyrrole nitrogens is 1. The Morgan fingerprint density at radius 2 is 2.13 bits per heavy atom. The predicted molar refractivity (Wildman–Crippen MR) is 86.7 cm³/mol. The maximum atomic E-state index is 13.8. The van der Waals surface area contributed by atoms with Crippen molar-refractivity contribution in [3.05, 3.63) is 42.2 Å². The number of aromatic nitrogens is 2. The van der Waals surface area contributed by atoms with Crippen LogP contribution >= 0.6 is 0 Å². The number of fused-ring (bicyclic) bond motifs is 1. The standard InChI is InChI=1S/C16H15FN4O2/c17-13-3-1-10(7-15(13)18-5-6-22)16-12-8-11(19-9-23)2-4-14(12)20-21-16/h1-4,7-9,18,22H,5-6H2,(H,19,23)(H,20,21). The number of hydrogen-bond donors (Lipinski definition) is 4. The Morgan fingerprint density at radius 1 is 1.26 bits per heavy atom. The van der Waals surface area contributed by atoms with E-state index in [2.05, 4.69) is 20.8 Å². The lowest BCUT2D eigenvalue weighted by Crippen LogP contribution is -2.07. The van der Waals surface area contributed by atoms with Crippen molar-refractivity contribution in [1.29, 1.82) is 0 Å². The highest BCUT2D eigenvalue weighted by Crippen LogP contribution is 2.30. The Labute approximate surface area is 131 Å². The average molecular weight is 314 g/mol. The number of halogens is 1. The first-order chi connectivity index (χ1) is 11.2. The smallest absolute Gasteiger partial charge is 0.211 e. The third-order valence-corrected chi connectivity index (χ3v) is 3.46. The van der Waals surface area contributed by atoms with Gasteiger partial charge in [-0.1, -0.05) is 0 Å². The van der Waals surface area contributed by atoms with Crippen LogP contribution in [0.25, 0.3) is 22.2 Å². The van der Waals surface area contributed by atoms with E-state index in [0.29, 0.717) is 23.5 Å². The van der Waals surface area contributed by atoms with Crippen molar-refractivity contribution >= 4 is 28.7 Å². The molecular formula is C16H15FN4O2. The fourth-order valence-electron chi connectivity index (χ4n) is 2.39. The van der Waals surface area contributed by atoms with Crippen molar-refractivity contribution in [3.63, 3.8) is 0 Å². The van der Waals surface area contributed by atoms with Crippen molar-refractivity contribution in [1.82, 2.24) is 10.2 Å². The van der Waals surface area contributed by atoms with Crippen molar-refractivity contribution in [2.24, 2.45) is 0 Å². The van der Waals surface area contributed by atoms with Crippen LogP contribution in [0.4, 0.5) is 15.8 Å². The third-order valence-electron chi connectivity index (χ3n) is 3.46. The van der Waals surface area contributed by atoms with Crippen LogP contribution in [0.3, 0.4) is 0 Å². The van der Waals surface area contributed by atoms with Gasteiger partial charge in [-0.25, -0.2) is 4.39 Å². The van der Waals surface area contributed by atoms with Gasteiger partial charge in [0.15, 0.2) is 0 Å². The minimum Gasteiger partial charge on any atom is -0.395 e. The van der Waals surface area contributed by atoms with Gasteiger partial charge in [-0.3, -0.25) is 9.89 Å². The van der Waals surface area contributed by atoms with Crippen LogP contribution < -0.4 is 10.6 Å². The number of benzene rings is 2. The molecule has 118 valence electrons. The SMILES string of the molecule is O=CNc1ccc2[nH]nc(-c3ccc(F)c(NCCO)c3)c2c1. The summed E-state index contributed by atoms with van der Waals surface area (Å²) >= 11 is 0. The molecule has 0 unspecified atom stereocenters. The van der Waals surface area contributed by atoms with Crippen LogP contribution in [0.1, 0.15) is 0 Å². The first-order valence-corrected chi connectivity index (χ1v) is 7.06. The second-order valence-electron chi connectivity index (χ2n) is 4.94. The molecule has 0 saturated carbocycles.